The van der Waals surface area contributed by atoms with Gasteiger partial charge in [0.15, 0.2) is 0 Å². The Bertz CT molecular complexity index is 567. The van der Waals surface area contributed by atoms with E-state index in [2.05, 4.69) is 10.1 Å². The van der Waals surface area contributed by atoms with Gasteiger partial charge in [0.1, 0.15) is 6.04 Å². The molecule has 1 saturated carbocycles. The molecule has 7 heteroatoms. The smallest absolute Gasteiger partial charge is 0.416 e. The Balaban J connectivity index is 2.10. The molecule has 0 heterocycles. The van der Waals surface area contributed by atoms with Crippen LogP contribution in [0, 0.1) is 5.92 Å². The summed E-state index contributed by atoms with van der Waals surface area (Å²) in [7, 11) is 1.21. The highest BCUT2D eigenvalue weighted by atomic mass is 19.4. The first-order valence-corrected chi connectivity index (χ1v) is 6.87. The minimum Gasteiger partial charge on any atom is -0.467 e. The predicted molar refractivity (Wildman–Crippen MR) is 72.1 cm³/mol. The summed E-state index contributed by atoms with van der Waals surface area (Å²) in [6.07, 6.45) is -2.12. The van der Waals surface area contributed by atoms with Crippen molar-refractivity contribution in [2.45, 2.75) is 31.5 Å². The second-order valence-corrected chi connectivity index (χ2v) is 5.31. The first-order chi connectivity index (χ1) is 10.3. The van der Waals surface area contributed by atoms with Crippen LogP contribution in [0.5, 0.6) is 0 Å². The van der Waals surface area contributed by atoms with Crippen molar-refractivity contribution < 1.29 is 27.5 Å². The lowest BCUT2D eigenvalue weighted by Gasteiger charge is -2.16. The molecule has 0 saturated heterocycles. The molecular formula is C15H16F3NO3. The first-order valence-electron chi connectivity index (χ1n) is 6.87. The number of alkyl halides is 3. The fourth-order valence-electron chi connectivity index (χ4n) is 2.12. The normalized spacial score (nSPS) is 16.0. The minimum atomic E-state index is -4.52. The fraction of sp³-hybridized carbons (Fsp3) is 0.467. The summed E-state index contributed by atoms with van der Waals surface area (Å²) in [6, 6.07) is 3.25. The molecule has 0 unspecified atom stereocenters. The maximum atomic E-state index is 12.7. The van der Waals surface area contributed by atoms with Crippen molar-refractivity contribution in [2.75, 3.05) is 7.11 Å². The van der Waals surface area contributed by atoms with Gasteiger partial charge in [-0.25, -0.2) is 4.79 Å². The van der Waals surface area contributed by atoms with E-state index in [0.29, 0.717) is 12.3 Å². The van der Waals surface area contributed by atoms with E-state index < -0.39 is 29.7 Å². The molecule has 1 aromatic carbocycles. The fourth-order valence-corrected chi connectivity index (χ4v) is 2.12. The lowest BCUT2D eigenvalue weighted by molar-refractivity contribution is -0.143. The van der Waals surface area contributed by atoms with E-state index in [4.69, 9.17) is 0 Å². The lowest BCUT2D eigenvalue weighted by atomic mass is 10.1. The number of carbonyl (C=O) groups is 2. The van der Waals surface area contributed by atoms with Crippen molar-refractivity contribution >= 4 is 11.9 Å². The molecule has 1 N–H and O–H groups in total. The number of carbonyl (C=O) groups excluding carboxylic acids is 2. The largest absolute Gasteiger partial charge is 0.467 e. The molecule has 2 rings (SSSR count). The number of nitrogens with one attached hydrogen (secondary N) is 1. The Hall–Kier alpha value is -2.05. The highest BCUT2D eigenvalue weighted by Crippen LogP contribution is 2.34. The van der Waals surface area contributed by atoms with Gasteiger partial charge in [0.2, 0.25) is 0 Å². The number of amides is 1. The molecule has 1 aromatic rings. The van der Waals surface area contributed by atoms with E-state index in [9.17, 15) is 22.8 Å². The van der Waals surface area contributed by atoms with Gasteiger partial charge in [-0.3, -0.25) is 4.79 Å². The molecule has 1 amide bonds. The zero-order valence-corrected chi connectivity index (χ0v) is 11.9. The van der Waals surface area contributed by atoms with Crippen LogP contribution in [-0.2, 0) is 15.7 Å². The lowest BCUT2D eigenvalue weighted by Crippen LogP contribution is -2.41. The van der Waals surface area contributed by atoms with E-state index in [1.807, 2.05) is 0 Å². The van der Waals surface area contributed by atoms with Crippen LogP contribution in [0.25, 0.3) is 0 Å². The van der Waals surface area contributed by atoms with Crippen LogP contribution in [0.15, 0.2) is 24.3 Å². The van der Waals surface area contributed by atoms with E-state index in [1.165, 1.54) is 13.2 Å². The molecule has 1 aliphatic rings. The van der Waals surface area contributed by atoms with Gasteiger partial charge in [0.25, 0.3) is 5.91 Å². The van der Waals surface area contributed by atoms with E-state index in [1.54, 1.807) is 0 Å². The molecule has 1 aliphatic carbocycles. The maximum absolute atomic E-state index is 12.7. The number of benzene rings is 1. The summed E-state index contributed by atoms with van der Waals surface area (Å²) in [6.45, 7) is 0. The number of halogens is 3. The monoisotopic (exact) mass is 315 g/mol. The highest BCUT2D eigenvalue weighted by Gasteiger charge is 2.33. The van der Waals surface area contributed by atoms with Crippen molar-refractivity contribution in [1.29, 1.82) is 0 Å². The van der Waals surface area contributed by atoms with Gasteiger partial charge in [0, 0.05) is 5.56 Å². The Labute approximate surface area is 125 Å². The van der Waals surface area contributed by atoms with E-state index in [-0.39, 0.29) is 5.56 Å². The standard InChI is InChI=1S/C15H16F3NO3/c1-22-14(21)12(7-9-5-6-9)19-13(20)10-3-2-4-11(8-10)15(16,17)18/h2-4,8-9,12H,5-7H2,1H3,(H,19,20)/t12-/m1/s1. The molecule has 0 radical (unpaired) electrons. The third-order valence-electron chi connectivity index (χ3n) is 3.51. The summed E-state index contributed by atoms with van der Waals surface area (Å²) in [5, 5.41) is 2.45. The molecule has 4 nitrogen and oxygen atoms in total. The summed E-state index contributed by atoms with van der Waals surface area (Å²) in [4.78, 5) is 23.7. The number of hydrogen-bond acceptors (Lipinski definition) is 3. The predicted octanol–water partition coefficient (Wildman–Crippen LogP) is 2.78. The molecule has 0 aliphatic heterocycles. The second kappa shape index (κ2) is 6.37. The average molecular weight is 315 g/mol. The summed E-state index contributed by atoms with van der Waals surface area (Å²) >= 11 is 0. The van der Waals surface area contributed by atoms with Crippen molar-refractivity contribution in [3.63, 3.8) is 0 Å². The van der Waals surface area contributed by atoms with Crippen molar-refractivity contribution in [3.8, 4) is 0 Å². The van der Waals surface area contributed by atoms with Gasteiger partial charge >= 0.3 is 12.1 Å². The third kappa shape index (κ3) is 4.22. The Morgan fingerprint density at radius 3 is 2.59 bits per heavy atom. The molecule has 120 valence electrons. The quantitative estimate of drug-likeness (QED) is 0.850. The van der Waals surface area contributed by atoms with Crippen LogP contribution in [0.2, 0.25) is 0 Å². The zero-order valence-electron chi connectivity index (χ0n) is 11.9. The topological polar surface area (TPSA) is 55.4 Å². The van der Waals surface area contributed by atoms with Gasteiger partial charge < -0.3 is 10.1 Å². The zero-order chi connectivity index (χ0) is 16.3. The van der Waals surface area contributed by atoms with Crippen LogP contribution < -0.4 is 5.32 Å². The van der Waals surface area contributed by atoms with Gasteiger partial charge in [-0.15, -0.1) is 0 Å². The van der Waals surface area contributed by atoms with Gasteiger partial charge in [-0.2, -0.15) is 13.2 Å². The molecule has 22 heavy (non-hydrogen) atoms. The molecule has 1 atom stereocenters. The average Bonchev–Trinajstić information content (AvgIpc) is 3.29. The highest BCUT2D eigenvalue weighted by molar-refractivity contribution is 5.96. The summed E-state index contributed by atoms with van der Waals surface area (Å²) in [5.74, 6) is -0.958. The van der Waals surface area contributed by atoms with E-state index >= 15 is 0 Å². The van der Waals surface area contributed by atoms with Gasteiger partial charge in [0.05, 0.1) is 12.7 Å². The Kier molecular flexibility index (Phi) is 4.73. The second-order valence-electron chi connectivity index (χ2n) is 5.31. The number of rotatable bonds is 5. The van der Waals surface area contributed by atoms with Crippen LogP contribution >= 0.6 is 0 Å². The van der Waals surface area contributed by atoms with Crippen LogP contribution in [0.1, 0.15) is 35.2 Å². The number of hydrogen-bond donors (Lipinski definition) is 1. The van der Waals surface area contributed by atoms with Gasteiger partial charge in [-0.1, -0.05) is 18.9 Å². The third-order valence-corrected chi connectivity index (χ3v) is 3.51. The molecular weight excluding hydrogens is 299 g/mol. The van der Waals surface area contributed by atoms with Crippen LogP contribution in [0.3, 0.4) is 0 Å². The maximum Gasteiger partial charge on any atom is 0.416 e. The van der Waals surface area contributed by atoms with Crippen LogP contribution in [0.4, 0.5) is 13.2 Å². The molecule has 0 bridgehead atoms. The molecule has 0 spiro atoms. The van der Waals surface area contributed by atoms with Crippen molar-refractivity contribution in [3.05, 3.63) is 35.4 Å². The molecule has 1 fully saturated rings. The van der Waals surface area contributed by atoms with Gasteiger partial charge in [-0.05, 0) is 30.5 Å². The number of methoxy groups -OCH3 is 1. The summed E-state index contributed by atoms with van der Waals surface area (Å²) in [5.41, 5.74) is -1.04. The van der Waals surface area contributed by atoms with Crippen molar-refractivity contribution in [2.24, 2.45) is 5.92 Å². The molecule has 0 aromatic heterocycles. The SMILES string of the molecule is COC(=O)[C@@H](CC1CC1)NC(=O)c1cccc(C(F)(F)F)c1. The minimum absolute atomic E-state index is 0.139. The van der Waals surface area contributed by atoms with Crippen LogP contribution in [-0.4, -0.2) is 25.0 Å². The van der Waals surface area contributed by atoms with Crippen molar-refractivity contribution in [1.82, 2.24) is 5.32 Å². The first kappa shape index (κ1) is 16.3. The summed E-state index contributed by atoms with van der Waals surface area (Å²) < 4.78 is 42.6. The van der Waals surface area contributed by atoms with E-state index in [0.717, 1.165) is 31.0 Å². The Morgan fingerprint density at radius 2 is 2.05 bits per heavy atom. The number of ether oxygens (including phenoxy) is 1. The Morgan fingerprint density at radius 1 is 1.36 bits per heavy atom. The number of esters is 1.